The first-order valence-corrected chi connectivity index (χ1v) is 21.0. The van der Waals surface area contributed by atoms with Crippen LogP contribution in [0.25, 0.3) is 0 Å². The minimum Gasteiger partial charge on any atom is -0.481 e. The number of esters is 1. The minimum atomic E-state index is -0.923. The fourth-order valence-corrected chi connectivity index (χ4v) is 5.53. The molecule has 0 spiro atoms. The lowest BCUT2D eigenvalue weighted by Crippen LogP contribution is -2.44. The SMILES string of the molecule is COC(COCCOCCNC(=O)COCCOCCNC(=O)CC[C@H](NC(=O)CCCCCCCCCCCCCCCCC(=O)O)C(=O)OC(C)(C)C)OC. The molecule has 0 saturated carbocycles. The van der Waals surface area contributed by atoms with Gasteiger partial charge in [0.05, 0.1) is 46.2 Å². The Morgan fingerprint density at radius 2 is 1.00 bits per heavy atom. The van der Waals surface area contributed by atoms with Crippen LogP contribution in [0, 0.1) is 0 Å². The second-order valence-electron chi connectivity index (χ2n) is 15.0. The highest BCUT2D eigenvalue weighted by molar-refractivity contribution is 5.85. The number of methoxy groups -OCH3 is 2. The molecule has 57 heavy (non-hydrogen) atoms. The van der Waals surface area contributed by atoms with Gasteiger partial charge < -0.3 is 54.2 Å². The highest BCUT2D eigenvalue weighted by Gasteiger charge is 2.27. The monoisotopic (exact) mass is 820 g/mol. The number of carbonyl (C=O) groups is 5. The van der Waals surface area contributed by atoms with E-state index >= 15 is 0 Å². The summed E-state index contributed by atoms with van der Waals surface area (Å²) in [6.45, 7) is 7.84. The van der Waals surface area contributed by atoms with Crippen molar-refractivity contribution in [2.24, 2.45) is 0 Å². The molecule has 4 N–H and O–H groups in total. The summed E-state index contributed by atoms with van der Waals surface area (Å²) in [6, 6.07) is -0.923. The molecule has 3 amide bonds. The molecule has 0 fully saturated rings. The third kappa shape index (κ3) is 38.4. The molecule has 0 aliphatic heterocycles. The number of hydrogen-bond acceptors (Lipinski definition) is 12. The zero-order chi connectivity index (χ0) is 42.4. The van der Waals surface area contributed by atoms with Gasteiger partial charge in [-0.25, -0.2) is 4.79 Å². The van der Waals surface area contributed by atoms with Crippen LogP contribution in [0.5, 0.6) is 0 Å². The number of carboxylic acids is 1. The topological polar surface area (TPSA) is 206 Å². The molecule has 16 heteroatoms. The lowest BCUT2D eigenvalue weighted by molar-refractivity contribution is -0.159. The minimum absolute atomic E-state index is 0.0268. The van der Waals surface area contributed by atoms with E-state index in [4.69, 9.17) is 38.3 Å². The molecular weight excluding hydrogens is 742 g/mol. The smallest absolute Gasteiger partial charge is 0.329 e. The lowest BCUT2D eigenvalue weighted by Gasteiger charge is -2.24. The molecule has 0 heterocycles. The van der Waals surface area contributed by atoms with Gasteiger partial charge in [0.15, 0.2) is 6.29 Å². The van der Waals surface area contributed by atoms with Crippen LogP contribution in [-0.4, -0.2) is 133 Å². The van der Waals surface area contributed by atoms with Crippen molar-refractivity contribution in [2.75, 3.05) is 80.2 Å². The second-order valence-corrected chi connectivity index (χ2v) is 15.0. The van der Waals surface area contributed by atoms with E-state index in [1.54, 1.807) is 20.8 Å². The van der Waals surface area contributed by atoms with Gasteiger partial charge in [0.1, 0.15) is 18.2 Å². The van der Waals surface area contributed by atoms with E-state index in [-0.39, 0.29) is 70.0 Å². The van der Waals surface area contributed by atoms with Crippen LogP contribution in [0.3, 0.4) is 0 Å². The van der Waals surface area contributed by atoms with E-state index in [2.05, 4.69) is 16.0 Å². The zero-order valence-corrected chi connectivity index (χ0v) is 35.8. The average molecular weight is 820 g/mol. The van der Waals surface area contributed by atoms with Gasteiger partial charge in [-0.1, -0.05) is 77.0 Å². The zero-order valence-electron chi connectivity index (χ0n) is 35.8. The van der Waals surface area contributed by atoms with Gasteiger partial charge in [-0.2, -0.15) is 0 Å². The van der Waals surface area contributed by atoms with Crippen LogP contribution < -0.4 is 16.0 Å². The Bertz CT molecular complexity index is 1040. The molecule has 0 unspecified atom stereocenters. The largest absolute Gasteiger partial charge is 0.481 e. The number of ether oxygens (including phenoxy) is 7. The summed E-state index contributed by atoms with van der Waals surface area (Å²) >= 11 is 0. The molecule has 0 aliphatic carbocycles. The first kappa shape index (κ1) is 54.1. The van der Waals surface area contributed by atoms with Crippen molar-refractivity contribution in [3.63, 3.8) is 0 Å². The van der Waals surface area contributed by atoms with Crippen LogP contribution in [0.15, 0.2) is 0 Å². The van der Waals surface area contributed by atoms with Crippen molar-refractivity contribution >= 4 is 29.7 Å². The summed E-state index contributed by atoms with van der Waals surface area (Å²) in [5.41, 5.74) is -0.733. The number of nitrogens with one attached hydrogen (secondary N) is 3. The van der Waals surface area contributed by atoms with Gasteiger partial charge >= 0.3 is 11.9 Å². The number of rotatable bonds is 40. The summed E-state index contributed by atoms with van der Waals surface area (Å²) in [5, 5.41) is 16.9. The third-order valence-corrected chi connectivity index (χ3v) is 8.63. The number of carbonyl (C=O) groups excluding carboxylic acids is 4. The molecule has 0 bridgehead atoms. The summed E-state index contributed by atoms with van der Waals surface area (Å²) in [5.74, 6) is -2.05. The number of hydrogen-bond donors (Lipinski definition) is 4. The Morgan fingerprint density at radius 3 is 1.49 bits per heavy atom. The molecule has 0 aromatic rings. The van der Waals surface area contributed by atoms with Crippen molar-refractivity contribution in [2.45, 2.75) is 154 Å². The van der Waals surface area contributed by atoms with Gasteiger partial charge in [0.25, 0.3) is 0 Å². The quantitative estimate of drug-likeness (QED) is 0.0372. The van der Waals surface area contributed by atoms with Crippen molar-refractivity contribution in [1.29, 1.82) is 0 Å². The summed E-state index contributed by atoms with van der Waals surface area (Å²) in [4.78, 5) is 60.5. The Morgan fingerprint density at radius 1 is 0.544 bits per heavy atom. The fourth-order valence-electron chi connectivity index (χ4n) is 5.53. The first-order chi connectivity index (χ1) is 27.4. The second kappa shape index (κ2) is 37.4. The molecule has 334 valence electrons. The summed E-state index contributed by atoms with van der Waals surface area (Å²) in [7, 11) is 3.07. The van der Waals surface area contributed by atoms with Gasteiger partial charge in [0, 0.05) is 46.6 Å². The fraction of sp³-hybridized carbons (Fsp3) is 0.878. The number of aliphatic carboxylic acids is 1. The predicted molar refractivity (Wildman–Crippen MR) is 216 cm³/mol. The van der Waals surface area contributed by atoms with E-state index in [1.165, 1.54) is 59.2 Å². The first-order valence-electron chi connectivity index (χ1n) is 21.0. The number of carboxylic acid groups (broad SMARTS) is 1. The van der Waals surface area contributed by atoms with E-state index in [9.17, 15) is 24.0 Å². The van der Waals surface area contributed by atoms with E-state index in [0.717, 1.165) is 44.9 Å². The molecule has 0 aliphatic rings. The van der Waals surface area contributed by atoms with Gasteiger partial charge in [-0.05, 0) is 40.0 Å². The lowest BCUT2D eigenvalue weighted by atomic mass is 10.0. The normalized spacial score (nSPS) is 12.0. The number of unbranched alkanes of at least 4 members (excludes halogenated alkanes) is 13. The maximum Gasteiger partial charge on any atom is 0.329 e. The molecule has 0 rings (SSSR count). The summed E-state index contributed by atoms with van der Waals surface area (Å²) < 4.78 is 37.1. The Labute approximate surface area is 341 Å². The van der Waals surface area contributed by atoms with E-state index < -0.39 is 29.9 Å². The highest BCUT2D eigenvalue weighted by atomic mass is 16.7. The van der Waals surface area contributed by atoms with Crippen molar-refractivity contribution in [3.8, 4) is 0 Å². The Balaban J connectivity index is 4.00. The highest BCUT2D eigenvalue weighted by Crippen LogP contribution is 2.15. The maximum atomic E-state index is 12.9. The maximum absolute atomic E-state index is 12.9. The van der Waals surface area contributed by atoms with Crippen molar-refractivity contribution in [1.82, 2.24) is 16.0 Å². The molecule has 0 saturated heterocycles. The van der Waals surface area contributed by atoms with E-state index in [0.29, 0.717) is 39.4 Å². The van der Waals surface area contributed by atoms with Crippen LogP contribution in [-0.2, 0) is 57.1 Å². The van der Waals surface area contributed by atoms with Crippen molar-refractivity contribution < 1.29 is 62.2 Å². The molecule has 16 nitrogen and oxygen atoms in total. The molecule has 0 radical (unpaired) electrons. The molecule has 1 atom stereocenters. The molecule has 0 aromatic carbocycles. The third-order valence-electron chi connectivity index (χ3n) is 8.63. The number of amides is 3. The molecular formula is C41H77N3O13. The van der Waals surface area contributed by atoms with Crippen LogP contribution in [0.2, 0.25) is 0 Å². The average Bonchev–Trinajstić information content (AvgIpc) is 3.15. The Kier molecular flexibility index (Phi) is 35.5. The van der Waals surface area contributed by atoms with Gasteiger partial charge in [-0.3, -0.25) is 19.2 Å². The Hall–Kier alpha value is -2.89. The van der Waals surface area contributed by atoms with E-state index in [1.807, 2.05) is 0 Å². The van der Waals surface area contributed by atoms with Crippen LogP contribution in [0.4, 0.5) is 0 Å². The van der Waals surface area contributed by atoms with Gasteiger partial charge in [-0.15, -0.1) is 0 Å². The van der Waals surface area contributed by atoms with Crippen molar-refractivity contribution in [3.05, 3.63) is 0 Å². The predicted octanol–water partition coefficient (Wildman–Crippen LogP) is 4.84. The standard InChI is InChI=1S/C41H77N3O13/c1-41(2,3)57-40(50)34(44-36(46)20-18-16-14-12-10-8-6-7-9-11-13-15-17-19-21-38(48)49)22-23-35(45)42-24-26-53-28-30-55-32-37(47)43-25-27-54-29-31-56-33-39(51-4)52-5/h34,39H,6-33H2,1-5H3,(H,42,45)(H,43,47)(H,44,46)(H,48,49)/t34-/m0/s1. The van der Waals surface area contributed by atoms with Gasteiger partial charge in [0.2, 0.25) is 17.7 Å². The van der Waals surface area contributed by atoms with Crippen LogP contribution >= 0.6 is 0 Å². The molecule has 0 aromatic heterocycles. The van der Waals surface area contributed by atoms with Crippen LogP contribution in [0.1, 0.15) is 136 Å². The summed E-state index contributed by atoms with van der Waals surface area (Å²) in [6.07, 6.45) is 15.6.